The highest BCUT2D eigenvalue weighted by molar-refractivity contribution is 5.88. The summed E-state index contributed by atoms with van der Waals surface area (Å²) in [5.74, 6) is 0. The molecule has 0 fully saturated rings. The number of nitrogens with zero attached hydrogens (tertiary/aromatic N) is 1. The summed E-state index contributed by atoms with van der Waals surface area (Å²) >= 11 is 0. The molecule has 3 heteroatoms. The Balaban J connectivity index is 2.43. The molecule has 2 rings (SSSR count). The third-order valence-corrected chi connectivity index (χ3v) is 2.52. The first-order valence-electron chi connectivity index (χ1n) is 5.17. The number of rotatable bonds is 3. The van der Waals surface area contributed by atoms with Gasteiger partial charge in [0.2, 0.25) is 0 Å². The van der Waals surface area contributed by atoms with Gasteiger partial charge in [-0.2, -0.15) is 0 Å². The van der Waals surface area contributed by atoms with E-state index in [9.17, 15) is 4.79 Å². The summed E-state index contributed by atoms with van der Waals surface area (Å²) in [7, 11) is 0. The van der Waals surface area contributed by atoms with E-state index in [4.69, 9.17) is 5.21 Å². The lowest BCUT2D eigenvalue weighted by Gasteiger charge is -2.04. The van der Waals surface area contributed by atoms with Crippen molar-refractivity contribution in [2.45, 2.75) is 0 Å². The van der Waals surface area contributed by atoms with E-state index < -0.39 is 0 Å². The second-order valence-corrected chi connectivity index (χ2v) is 3.57. The molecule has 0 aliphatic rings. The fourth-order valence-corrected chi connectivity index (χ4v) is 1.68. The van der Waals surface area contributed by atoms with Gasteiger partial charge in [0.1, 0.15) is 0 Å². The Morgan fingerprint density at radius 1 is 1.00 bits per heavy atom. The molecule has 0 bridgehead atoms. The van der Waals surface area contributed by atoms with Crippen molar-refractivity contribution in [1.82, 2.24) is 0 Å². The minimum absolute atomic E-state index is 0.663. The third-order valence-electron chi connectivity index (χ3n) is 2.52. The Labute approximate surface area is 99.0 Å². The average Bonchev–Trinajstić information content (AvgIpc) is 2.40. The molecular formula is C14H11NO2. The molecule has 0 atom stereocenters. The Morgan fingerprint density at radius 3 is 2.35 bits per heavy atom. The van der Waals surface area contributed by atoms with Crippen molar-refractivity contribution in [3.8, 4) is 11.1 Å². The second-order valence-electron chi connectivity index (χ2n) is 3.57. The van der Waals surface area contributed by atoms with Crippen molar-refractivity contribution in [2.75, 3.05) is 0 Å². The average molecular weight is 225 g/mol. The van der Waals surface area contributed by atoms with E-state index in [1.54, 1.807) is 6.07 Å². The highest BCUT2D eigenvalue weighted by Crippen LogP contribution is 2.22. The van der Waals surface area contributed by atoms with Crippen molar-refractivity contribution in [1.29, 1.82) is 0 Å². The SMILES string of the molecule is O=Cc1ccccc1-c1ccc(C=NO)cc1. The molecule has 0 aliphatic carbocycles. The van der Waals surface area contributed by atoms with Crippen LogP contribution >= 0.6 is 0 Å². The lowest BCUT2D eigenvalue weighted by atomic mass is 9.99. The van der Waals surface area contributed by atoms with E-state index >= 15 is 0 Å². The van der Waals surface area contributed by atoms with Gasteiger partial charge in [-0.05, 0) is 16.7 Å². The van der Waals surface area contributed by atoms with E-state index in [1.165, 1.54) is 6.21 Å². The summed E-state index contributed by atoms with van der Waals surface area (Å²) in [5, 5.41) is 11.4. The topological polar surface area (TPSA) is 49.7 Å². The monoisotopic (exact) mass is 225 g/mol. The van der Waals surface area contributed by atoms with Crippen LogP contribution < -0.4 is 0 Å². The van der Waals surface area contributed by atoms with Crippen molar-refractivity contribution in [3.63, 3.8) is 0 Å². The number of benzene rings is 2. The Hall–Kier alpha value is -2.42. The van der Waals surface area contributed by atoms with E-state index in [2.05, 4.69) is 5.16 Å². The van der Waals surface area contributed by atoms with Gasteiger partial charge in [0.25, 0.3) is 0 Å². The first kappa shape index (κ1) is 11.1. The van der Waals surface area contributed by atoms with Crippen LogP contribution in [-0.4, -0.2) is 17.7 Å². The van der Waals surface area contributed by atoms with Crippen LogP contribution in [0, 0.1) is 0 Å². The fraction of sp³-hybridized carbons (Fsp3) is 0. The van der Waals surface area contributed by atoms with Gasteiger partial charge in [-0.1, -0.05) is 53.7 Å². The maximum atomic E-state index is 10.9. The largest absolute Gasteiger partial charge is 0.411 e. The van der Waals surface area contributed by atoms with Gasteiger partial charge in [-0.25, -0.2) is 0 Å². The first-order chi connectivity index (χ1) is 8.35. The highest BCUT2D eigenvalue weighted by Gasteiger charge is 2.02. The number of carbonyl (C=O) groups is 1. The summed E-state index contributed by atoms with van der Waals surface area (Å²) < 4.78 is 0. The molecule has 2 aromatic carbocycles. The molecular weight excluding hydrogens is 214 g/mol. The lowest BCUT2D eigenvalue weighted by Crippen LogP contribution is -1.87. The van der Waals surface area contributed by atoms with Crippen LogP contribution in [0.1, 0.15) is 15.9 Å². The fourth-order valence-electron chi connectivity index (χ4n) is 1.68. The molecule has 0 radical (unpaired) electrons. The van der Waals surface area contributed by atoms with Gasteiger partial charge in [-0.15, -0.1) is 0 Å². The van der Waals surface area contributed by atoms with Crippen LogP contribution in [0.5, 0.6) is 0 Å². The maximum absolute atomic E-state index is 10.9. The molecule has 0 saturated carbocycles. The number of hydrogen-bond acceptors (Lipinski definition) is 3. The molecule has 0 aromatic heterocycles. The minimum Gasteiger partial charge on any atom is -0.411 e. The van der Waals surface area contributed by atoms with Crippen molar-refractivity contribution in [2.24, 2.45) is 5.16 Å². The zero-order chi connectivity index (χ0) is 12.1. The smallest absolute Gasteiger partial charge is 0.150 e. The summed E-state index contributed by atoms with van der Waals surface area (Å²) in [6.07, 6.45) is 2.20. The molecule has 0 heterocycles. The quantitative estimate of drug-likeness (QED) is 0.378. The molecule has 1 N–H and O–H groups in total. The van der Waals surface area contributed by atoms with E-state index in [0.717, 1.165) is 23.0 Å². The number of carbonyl (C=O) groups excluding carboxylic acids is 1. The molecule has 0 spiro atoms. The molecule has 0 amide bonds. The Kier molecular flexibility index (Phi) is 3.31. The normalized spacial score (nSPS) is 10.6. The van der Waals surface area contributed by atoms with Gasteiger partial charge in [0, 0.05) is 5.56 Å². The molecule has 0 aliphatic heterocycles. The van der Waals surface area contributed by atoms with E-state index in [0.29, 0.717) is 5.56 Å². The summed E-state index contributed by atoms with van der Waals surface area (Å²) in [5.41, 5.74) is 3.33. The van der Waals surface area contributed by atoms with Crippen LogP contribution in [0.15, 0.2) is 53.7 Å². The highest BCUT2D eigenvalue weighted by atomic mass is 16.4. The lowest BCUT2D eigenvalue weighted by molar-refractivity contribution is 0.112. The summed E-state index contributed by atoms with van der Waals surface area (Å²) in [6, 6.07) is 14.8. The standard InChI is InChI=1S/C14H11NO2/c16-10-13-3-1-2-4-14(13)12-7-5-11(6-8-12)9-15-17/h1-10,17H. The van der Waals surface area contributed by atoms with Crippen molar-refractivity contribution in [3.05, 3.63) is 59.7 Å². The number of aldehydes is 1. The van der Waals surface area contributed by atoms with Crippen LogP contribution in [0.4, 0.5) is 0 Å². The number of hydrogen-bond donors (Lipinski definition) is 1. The van der Waals surface area contributed by atoms with Gasteiger partial charge < -0.3 is 5.21 Å². The molecule has 84 valence electrons. The van der Waals surface area contributed by atoms with E-state index in [1.807, 2.05) is 42.5 Å². The zero-order valence-electron chi connectivity index (χ0n) is 9.08. The van der Waals surface area contributed by atoms with Crippen molar-refractivity contribution >= 4 is 12.5 Å². The maximum Gasteiger partial charge on any atom is 0.150 e. The molecule has 0 saturated heterocycles. The van der Waals surface area contributed by atoms with Crippen LogP contribution in [0.2, 0.25) is 0 Å². The zero-order valence-corrected chi connectivity index (χ0v) is 9.08. The van der Waals surface area contributed by atoms with Gasteiger partial charge >= 0.3 is 0 Å². The van der Waals surface area contributed by atoms with Gasteiger partial charge in [-0.3, -0.25) is 4.79 Å². The number of oxime groups is 1. The summed E-state index contributed by atoms with van der Waals surface area (Å²) in [6.45, 7) is 0. The predicted octanol–water partition coefficient (Wildman–Crippen LogP) is 2.97. The van der Waals surface area contributed by atoms with E-state index in [-0.39, 0.29) is 0 Å². The minimum atomic E-state index is 0.663. The predicted molar refractivity (Wildman–Crippen MR) is 66.6 cm³/mol. The van der Waals surface area contributed by atoms with Crippen LogP contribution in [0.3, 0.4) is 0 Å². The van der Waals surface area contributed by atoms with Crippen LogP contribution in [0.25, 0.3) is 11.1 Å². The van der Waals surface area contributed by atoms with Crippen molar-refractivity contribution < 1.29 is 10.0 Å². The Morgan fingerprint density at radius 2 is 1.71 bits per heavy atom. The Bertz CT molecular complexity index is 544. The molecule has 2 aromatic rings. The summed E-state index contributed by atoms with van der Waals surface area (Å²) in [4.78, 5) is 10.9. The molecule has 0 unspecified atom stereocenters. The van der Waals surface area contributed by atoms with Crippen LogP contribution in [-0.2, 0) is 0 Å². The molecule has 17 heavy (non-hydrogen) atoms. The third kappa shape index (κ3) is 2.39. The van der Waals surface area contributed by atoms with Gasteiger partial charge in [0.15, 0.2) is 6.29 Å². The first-order valence-corrected chi connectivity index (χ1v) is 5.17. The second kappa shape index (κ2) is 5.07. The molecule has 3 nitrogen and oxygen atoms in total. The van der Waals surface area contributed by atoms with Gasteiger partial charge in [0.05, 0.1) is 6.21 Å².